The number of fused-ring (bicyclic) bond motifs is 1. The van der Waals surface area contributed by atoms with Gasteiger partial charge in [0.15, 0.2) is 0 Å². The number of ether oxygens (including phenoxy) is 1. The standard InChI is InChI=1S/C18H16N2O2S/c1-12(19-20-18(21)17-4-3-9-23-17)13-5-6-15-11-16(22-2)8-7-14(15)10-13/h3-11H,1-2H3,(H,20,21). The first-order valence-corrected chi connectivity index (χ1v) is 8.01. The van der Waals surface area contributed by atoms with Crippen LogP contribution in [0.3, 0.4) is 0 Å². The summed E-state index contributed by atoms with van der Waals surface area (Å²) < 4.78 is 5.23. The minimum atomic E-state index is -0.190. The van der Waals surface area contributed by atoms with E-state index in [-0.39, 0.29) is 5.91 Å². The van der Waals surface area contributed by atoms with Crippen molar-refractivity contribution in [3.05, 3.63) is 64.4 Å². The summed E-state index contributed by atoms with van der Waals surface area (Å²) >= 11 is 1.39. The molecule has 1 amide bonds. The molecule has 0 bridgehead atoms. The predicted octanol–water partition coefficient (Wildman–Crippen LogP) is 4.06. The van der Waals surface area contributed by atoms with Crippen molar-refractivity contribution in [2.45, 2.75) is 6.92 Å². The van der Waals surface area contributed by atoms with E-state index in [9.17, 15) is 4.79 Å². The summed E-state index contributed by atoms with van der Waals surface area (Å²) in [6.45, 7) is 1.87. The normalized spacial score (nSPS) is 11.5. The first-order valence-electron chi connectivity index (χ1n) is 7.13. The van der Waals surface area contributed by atoms with E-state index in [0.29, 0.717) is 4.88 Å². The molecule has 1 heterocycles. The molecule has 116 valence electrons. The quantitative estimate of drug-likeness (QED) is 0.581. The smallest absolute Gasteiger partial charge is 0.281 e. The topological polar surface area (TPSA) is 50.7 Å². The number of benzene rings is 2. The number of methoxy groups -OCH3 is 1. The van der Waals surface area contributed by atoms with Crippen LogP contribution in [0.5, 0.6) is 5.75 Å². The number of hydrogen-bond donors (Lipinski definition) is 1. The number of nitrogens with one attached hydrogen (secondary N) is 1. The number of amides is 1. The summed E-state index contributed by atoms with van der Waals surface area (Å²) in [5, 5.41) is 8.25. The molecule has 0 radical (unpaired) electrons. The highest BCUT2D eigenvalue weighted by atomic mass is 32.1. The summed E-state index contributed by atoms with van der Waals surface area (Å²) in [6, 6.07) is 15.6. The summed E-state index contributed by atoms with van der Waals surface area (Å²) in [5.74, 6) is 0.642. The Hall–Kier alpha value is -2.66. The fraction of sp³-hybridized carbons (Fsp3) is 0.111. The number of rotatable bonds is 4. The molecular formula is C18H16N2O2S. The highest BCUT2D eigenvalue weighted by molar-refractivity contribution is 7.12. The third kappa shape index (κ3) is 3.40. The molecule has 4 nitrogen and oxygen atoms in total. The molecule has 3 aromatic rings. The van der Waals surface area contributed by atoms with E-state index in [1.807, 2.05) is 54.8 Å². The Morgan fingerprint density at radius 1 is 1.13 bits per heavy atom. The summed E-state index contributed by atoms with van der Waals surface area (Å²) in [6.07, 6.45) is 0. The third-order valence-electron chi connectivity index (χ3n) is 3.54. The van der Waals surface area contributed by atoms with Gasteiger partial charge in [-0.1, -0.05) is 24.3 Å². The zero-order valence-electron chi connectivity index (χ0n) is 12.9. The van der Waals surface area contributed by atoms with Gasteiger partial charge in [0.2, 0.25) is 0 Å². The highest BCUT2D eigenvalue weighted by Gasteiger charge is 2.06. The average molecular weight is 324 g/mol. The van der Waals surface area contributed by atoms with Gasteiger partial charge in [-0.2, -0.15) is 5.10 Å². The molecule has 2 aromatic carbocycles. The number of hydrogen-bond acceptors (Lipinski definition) is 4. The Bertz CT molecular complexity index is 870. The number of nitrogens with zero attached hydrogens (tertiary/aromatic N) is 1. The lowest BCUT2D eigenvalue weighted by molar-refractivity contribution is 0.0959. The Morgan fingerprint density at radius 2 is 1.91 bits per heavy atom. The van der Waals surface area contributed by atoms with Gasteiger partial charge < -0.3 is 4.74 Å². The molecule has 3 rings (SSSR count). The number of thiophene rings is 1. The second kappa shape index (κ2) is 6.62. The second-order valence-corrected chi connectivity index (χ2v) is 5.99. The van der Waals surface area contributed by atoms with Gasteiger partial charge in [0.05, 0.1) is 17.7 Å². The molecule has 0 saturated heterocycles. The van der Waals surface area contributed by atoms with Crippen LogP contribution in [0, 0.1) is 0 Å². The molecule has 1 N–H and O–H groups in total. The van der Waals surface area contributed by atoms with E-state index < -0.39 is 0 Å². The zero-order valence-corrected chi connectivity index (χ0v) is 13.7. The lowest BCUT2D eigenvalue weighted by Gasteiger charge is -2.06. The van der Waals surface area contributed by atoms with E-state index in [1.54, 1.807) is 13.2 Å². The first-order chi connectivity index (χ1) is 11.2. The minimum absolute atomic E-state index is 0.190. The fourth-order valence-corrected chi connectivity index (χ4v) is 2.85. The first kappa shape index (κ1) is 15.2. The van der Waals surface area contributed by atoms with Gasteiger partial charge in [0.25, 0.3) is 5.91 Å². The highest BCUT2D eigenvalue weighted by Crippen LogP contribution is 2.22. The molecule has 0 aliphatic carbocycles. The number of carbonyl (C=O) groups is 1. The maximum absolute atomic E-state index is 11.9. The van der Waals surface area contributed by atoms with Crippen molar-refractivity contribution in [2.75, 3.05) is 7.11 Å². The Balaban J connectivity index is 1.81. The molecule has 0 spiro atoms. The van der Waals surface area contributed by atoms with E-state index in [1.165, 1.54) is 11.3 Å². The molecule has 0 saturated carbocycles. The van der Waals surface area contributed by atoms with Gasteiger partial charge in [0.1, 0.15) is 5.75 Å². The summed E-state index contributed by atoms with van der Waals surface area (Å²) in [5.41, 5.74) is 4.31. The predicted molar refractivity (Wildman–Crippen MR) is 94.5 cm³/mol. The van der Waals surface area contributed by atoms with Crippen molar-refractivity contribution in [3.8, 4) is 5.75 Å². The largest absolute Gasteiger partial charge is 0.497 e. The van der Waals surface area contributed by atoms with Crippen LogP contribution in [0.4, 0.5) is 0 Å². The van der Waals surface area contributed by atoms with Crippen molar-refractivity contribution in [3.63, 3.8) is 0 Å². The van der Waals surface area contributed by atoms with Gasteiger partial charge >= 0.3 is 0 Å². The molecule has 0 aliphatic rings. The van der Waals surface area contributed by atoms with E-state index in [0.717, 1.165) is 27.8 Å². The van der Waals surface area contributed by atoms with Crippen molar-refractivity contribution in [2.24, 2.45) is 5.10 Å². The molecule has 0 fully saturated rings. The van der Waals surface area contributed by atoms with Crippen molar-refractivity contribution < 1.29 is 9.53 Å². The van der Waals surface area contributed by atoms with Crippen LogP contribution in [0.1, 0.15) is 22.2 Å². The monoisotopic (exact) mass is 324 g/mol. The lowest BCUT2D eigenvalue weighted by atomic mass is 10.0. The van der Waals surface area contributed by atoms with Crippen LogP contribution >= 0.6 is 11.3 Å². The lowest BCUT2D eigenvalue weighted by Crippen LogP contribution is -2.18. The molecule has 23 heavy (non-hydrogen) atoms. The van der Waals surface area contributed by atoms with Gasteiger partial charge in [-0.3, -0.25) is 4.79 Å². The Kier molecular flexibility index (Phi) is 4.39. The van der Waals surface area contributed by atoms with Crippen molar-refractivity contribution in [1.29, 1.82) is 0 Å². The SMILES string of the molecule is COc1ccc2cc(C(C)=NNC(=O)c3cccs3)ccc2c1. The van der Waals surface area contributed by atoms with Crippen LogP contribution in [0.15, 0.2) is 59.0 Å². The fourth-order valence-electron chi connectivity index (χ4n) is 2.24. The van der Waals surface area contributed by atoms with Crippen LogP contribution in [0.2, 0.25) is 0 Å². The minimum Gasteiger partial charge on any atom is -0.497 e. The Morgan fingerprint density at radius 3 is 2.65 bits per heavy atom. The number of hydrazone groups is 1. The molecule has 1 aromatic heterocycles. The van der Waals surface area contributed by atoms with Crippen molar-refractivity contribution >= 4 is 33.7 Å². The summed E-state index contributed by atoms with van der Waals surface area (Å²) in [7, 11) is 1.66. The molecule has 0 atom stereocenters. The molecule has 0 unspecified atom stereocenters. The molecule has 0 aliphatic heterocycles. The van der Waals surface area contributed by atoms with Crippen LogP contribution in [-0.4, -0.2) is 18.7 Å². The van der Waals surface area contributed by atoms with Crippen LogP contribution < -0.4 is 10.2 Å². The summed E-state index contributed by atoms with van der Waals surface area (Å²) in [4.78, 5) is 12.5. The number of carbonyl (C=O) groups excluding carboxylic acids is 1. The van der Waals surface area contributed by atoms with Crippen LogP contribution in [0.25, 0.3) is 10.8 Å². The zero-order chi connectivity index (χ0) is 16.2. The third-order valence-corrected chi connectivity index (χ3v) is 4.40. The van der Waals surface area contributed by atoms with Gasteiger partial charge in [-0.15, -0.1) is 11.3 Å². The van der Waals surface area contributed by atoms with E-state index in [4.69, 9.17) is 4.74 Å². The van der Waals surface area contributed by atoms with Gasteiger partial charge in [-0.25, -0.2) is 5.43 Å². The molecule has 5 heteroatoms. The Labute approximate surface area is 138 Å². The van der Waals surface area contributed by atoms with E-state index in [2.05, 4.69) is 10.5 Å². The molecular weight excluding hydrogens is 308 g/mol. The van der Waals surface area contributed by atoms with E-state index >= 15 is 0 Å². The van der Waals surface area contributed by atoms with Crippen LogP contribution in [-0.2, 0) is 0 Å². The van der Waals surface area contributed by atoms with Gasteiger partial charge in [0, 0.05) is 0 Å². The average Bonchev–Trinajstić information content (AvgIpc) is 3.13. The second-order valence-electron chi connectivity index (χ2n) is 5.04. The maximum atomic E-state index is 11.9. The van der Waals surface area contributed by atoms with Gasteiger partial charge in [-0.05, 0) is 52.9 Å². The maximum Gasteiger partial charge on any atom is 0.281 e. The van der Waals surface area contributed by atoms with Crippen molar-refractivity contribution in [1.82, 2.24) is 5.43 Å².